The van der Waals surface area contributed by atoms with Gasteiger partial charge >= 0.3 is 5.97 Å². The molecule has 0 amide bonds. The summed E-state index contributed by atoms with van der Waals surface area (Å²) >= 11 is 6.23. The number of aliphatic carboxylic acids is 1. The van der Waals surface area contributed by atoms with E-state index in [4.69, 9.17) is 16.7 Å². The Morgan fingerprint density at radius 3 is 2.89 bits per heavy atom. The summed E-state index contributed by atoms with van der Waals surface area (Å²) in [7, 11) is 0. The number of rotatable bonds is 5. The minimum Gasteiger partial charge on any atom is -0.481 e. The van der Waals surface area contributed by atoms with Gasteiger partial charge in [0.1, 0.15) is 0 Å². The number of carbonyl (C=O) groups is 1. The lowest BCUT2D eigenvalue weighted by atomic mass is 9.94. The Morgan fingerprint density at radius 1 is 1.39 bits per heavy atom. The van der Waals surface area contributed by atoms with Crippen LogP contribution >= 0.6 is 11.6 Å². The third-order valence-electron chi connectivity index (χ3n) is 3.57. The molecule has 18 heavy (non-hydrogen) atoms. The fraction of sp³-hybridized carbons (Fsp3) is 0.500. The average molecular weight is 268 g/mol. The second-order valence-corrected chi connectivity index (χ2v) is 5.17. The van der Waals surface area contributed by atoms with Gasteiger partial charge in [0.05, 0.1) is 6.42 Å². The fourth-order valence-corrected chi connectivity index (χ4v) is 2.99. The van der Waals surface area contributed by atoms with E-state index < -0.39 is 5.97 Å². The third-order valence-corrected chi connectivity index (χ3v) is 3.91. The molecule has 2 rings (SSSR count). The van der Waals surface area contributed by atoms with Crippen molar-refractivity contribution in [1.29, 1.82) is 0 Å². The Kier molecular flexibility index (Phi) is 4.61. The summed E-state index contributed by atoms with van der Waals surface area (Å²) in [6.45, 7) is 0.529. The highest BCUT2D eigenvalue weighted by Crippen LogP contribution is 2.37. The number of hydrogen-bond acceptors (Lipinski definition) is 2. The van der Waals surface area contributed by atoms with Crippen molar-refractivity contribution < 1.29 is 9.90 Å². The van der Waals surface area contributed by atoms with Crippen LogP contribution in [0.15, 0.2) is 24.3 Å². The first-order chi connectivity index (χ1) is 8.68. The van der Waals surface area contributed by atoms with E-state index in [0.717, 1.165) is 17.9 Å². The van der Waals surface area contributed by atoms with Gasteiger partial charge in [0.25, 0.3) is 0 Å². The number of carboxylic acid groups (broad SMARTS) is 1. The van der Waals surface area contributed by atoms with Crippen LogP contribution in [0.1, 0.15) is 37.2 Å². The molecule has 0 heterocycles. The van der Waals surface area contributed by atoms with Crippen LogP contribution in [0.3, 0.4) is 0 Å². The highest BCUT2D eigenvalue weighted by Gasteiger charge is 2.29. The second kappa shape index (κ2) is 6.21. The number of nitrogens with one attached hydrogen (secondary N) is 1. The van der Waals surface area contributed by atoms with E-state index in [1.54, 1.807) is 0 Å². The maximum atomic E-state index is 10.5. The molecular weight excluding hydrogens is 250 g/mol. The van der Waals surface area contributed by atoms with Crippen molar-refractivity contribution in [3.8, 4) is 0 Å². The molecule has 1 aliphatic carbocycles. The van der Waals surface area contributed by atoms with Gasteiger partial charge in [0.15, 0.2) is 0 Å². The van der Waals surface area contributed by atoms with Gasteiger partial charge in [-0.05, 0) is 24.5 Å². The first kappa shape index (κ1) is 13.4. The van der Waals surface area contributed by atoms with Crippen LogP contribution in [0.2, 0.25) is 5.02 Å². The summed E-state index contributed by atoms with van der Waals surface area (Å²) in [6.07, 6.45) is 3.55. The summed E-state index contributed by atoms with van der Waals surface area (Å²) < 4.78 is 0. The standard InChI is InChI=1S/C14H18ClNO2/c15-12-6-2-1-4-10(12)11-5-3-7-13(11)16-9-8-14(17)18/h1-2,4,6,11,13,16H,3,5,7-9H2,(H,17,18). The van der Waals surface area contributed by atoms with Crippen molar-refractivity contribution in [2.45, 2.75) is 37.6 Å². The molecule has 1 aliphatic rings. The summed E-state index contributed by atoms with van der Waals surface area (Å²) in [5.41, 5.74) is 1.18. The molecule has 1 aromatic rings. The van der Waals surface area contributed by atoms with Crippen molar-refractivity contribution in [3.63, 3.8) is 0 Å². The van der Waals surface area contributed by atoms with E-state index in [-0.39, 0.29) is 6.42 Å². The minimum atomic E-state index is -0.755. The molecule has 3 nitrogen and oxygen atoms in total. The Hall–Kier alpha value is -1.06. The SMILES string of the molecule is O=C(O)CCNC1CCCC1c1ccccc1Cl. The van der Waals surface area contributed by atoms with E-state index in [1.165, 1.54) is 12.0 Å². The molecule has 1 fully saturated rings. The van der Waals surface area contributed by atoms with Crippen LogP contribution in [0, 0.1) is 0 Å². The highest BCUT2D eigenvalue weighted by molar-refractivity contribution is 6.31. The van der Waals surface area contributed by atoms with Crippen LogP contribution in [0.5, 0.6) is 0 Å². The predicted octanol–water partition coefficient (Wildman–Crippen LogP) is 3.04. The van der Waals surface area contributed by atoms with Crippen molar-refractivity contribution in [1.82, 2.24) is 5.32 Å². The van der Waals surface area contributed by atoms with Gasteiger partial charge in [-0.3, -0.25) is 4.79 Å². The summed E-state index contributed by atoms with van der Waals surface area (Å²) in [6, 6.07) is 8.29. The topological polar surface area (TPSA) is 49.3 Å². The van der Waals surface area contributed by atoms with Crippen molar-refractivity contribution >= 4 is 17.6 Å². The quantitative estimate of drug-likeness (QED) is 0.862. The highest BCUT2D eigenvalue weighted by atomic mass is 35.5. The second-order valence-electron chi connectivity index (χ2n) is 4.76. The Morgan fingerprint density at radius 2 is 2.17 bits per heavy atom. The van der Waals surface area contributed by atoms with Gasteiger partial charge in [0, 0.05) is 23.5 Å². The Bertz CT molecular complexity index is 422. The molecule has 0 bridgehead atoms. The molecule has 2 unspecified atom stereocenters. The normalized spacial score (nSPS) is 23.2. The molecule has 0 aromatic heterocycles. The van der Waals surface area contributed by atoms with E-state index in [0.29, 0.717) is 18.5 Å². The summed E-state index contributed by atoms with van der Waals surface area (Å²) in [5, 5.41) is 12.8. The average Bonchev–Trinajstić information content (AvgIpc) is 2.77. The van der Waals surface area contributed by atoms with Crippen LogP contribution in [-0.2, 0) is 4.79 Å². The maximum absolute atomic E-state index is 10.5. The molecule has 4 heteroatoms. The number of carboxylic acids is 1. The molecule has 0 spiro atoms. The third kappa shape index (κ3) is 3.24. The zero-order valence-electron chi connectivity index (χ0n) is 10.2. The molecule has 1 saturated carbocycles. The predicted molar refractivity (Wildman–Crippen MR) is 72.1 cm³/mol. The fourth-order valence-electron chi connectivity index (χ4n) is 2.72. The van der Waals surface area contributed by atoms with Crippen molar-refractivity contribution in [2.24, 2.45) is 0 Å². The van der Waals surface area contributed by atoms with Gasteiger partial charge in [-0.2, -0.15) is 0 Å². The minimum absolute atomic E-state index is 0.172. The molecule has 2 atom stereocenters. The summed E-state index contributed by atoms with van der Waals surface area (Å²) in [4.78, 5) is 10.5. The molecule has 0 saturated heterocycles. The Balaban J connectivity index is 1.99. The first-order valence-electron chi connectivity index (χ1n) is 6.38. The molecule has 98 valence electrons. The lowest BCUT2D eigenvalue weighted by Gasteiger charge is -2.22. The summed E-state index contributed by atoms with van der Waals surface area (Å²) in [5.74, 6) is -0.345. The van der Waals surface area contributed by atoms with E-state index in [2.05, 4.69) is 11.4 Å². The number of hydrogen-bond donors (Lipinski definition) is 2. The van der Waals surface area contributed by atoms with Crippen molar-refractivity contribution in [2.75, 3.05) is 6.54 Å². The smallest absolute Gasteiger partial charge is 0.304 e. The van der Waals surface area contributed by atoms with E-state index in [1.807, 2.05) is 18.2 Å². The lowest BCUT2D eigenvalue weighted by Crippen LogP contribution is -2.33. The maximum Gasteiger partial charge on any atom is 0.304 e. The van der Waals surface area contributed by atoms with Crippen LogP contribution in [0.4, 0.5) is 0 Å². The van der Waals surface area contributed by atoms with Crippen LogP contribution in [-0.4, -0.2) is 23.7 Å². The number of benzene rings is 1. The zero-order valence-corrected chi connectivity index (χ0v) is 11.0. The number of halogens is 1. The molecule has 1 aromatic carbocycles. The van der Waals surface area contributed by atoms with Gasteiger partial charge in [0.2, 0.25) is 0 Å². The van der Waals surface area contributed by atoms with Gasteiger partial charge in [-0.25, -0.2) is 0 Å². The molecule has 0 aliphatic heterocycles. The van der Waals surface area contributed by atoms with Gasteiger partial charge in [-0.1, -0.05) is 36.2 Å². The van der Waals surface area contributed by atoms with Crippen molar-refractivity contribution in [3.05, 3.63) is 34.9 Å². The van der Waals surface area contributed by atoms with E-state index >= 15 is 0 Å². The lowest BCUT2D eigenvalue weighted by molar-refractivity contribution is -0.136. The Labute approximate surface area is 112 Å². The first-order valence-corrected chi connectivity index (χ1v) is 6.76. The largest absolute Gasteiger partial charge is 0.481 e. The molecule has 0 radical (unpaired) electrons. The van der Waals surface area contributed by atoms with Gasteiger partial charge < -0.3 is 10.4 Å². The zero-order chi connectivity index (χ0) is 13.0. The molecular formula is C14H18ClNO2. The van der Waals surface area contributed by atoms with Gasteiger partial charge in [-0.15, -0.1) is 0 Å². The van der Waals surface area contributed by atoms with E-state index in [9.17, 15) is 4.79 Å². The van der Waals surface area contributed by atoms with Crippen LogP contribution < -0.4 is 5.32 Å². The van der Waals surface area contributed by atoms with Crippen LogP contribution in [0.25, 0.3) is 0 Å². The monoisotopic (exact) mass is 267 g/mol. The molecule has 2 N–H and O–H groups in total.